The van der Waals surface area contributed by atoms with Gasteiger partial charge in [-0.3, -0.25) is 9.58 Å². The van der Waals surface area contributed by atoms with Crippen LogP contribution in [0.3, 0.4) is 0 Å². The molecular weight excluding hydrogens is 803 g/mol. The van der Waals surface area contributed by atoms with Gasteiger partial charge in [-0.15, -0.1) is 5.10 Å². The van der Waals surface area contributed by atoms with Crippen LogP contribution in [-0.4, -0.2) is 99.8 Å². The lowest BCUT2D eigenvalue weighted by Crippen LogP contribution is -2.44. The Morgan fingerprint density at radius 3 is 2.64 bits per heavy atom. The second kappa shape index (κ2) is 16.1. The molecule has 0 aromatic carbocycles. The van der Waals surface area contributed by atoms with E-state index in [1.165, 1.54) is 0 Å². The fourth-order valence-electron chi connectivity index (χ4n) is 6.88. The van der Waals surface area contributed by atoms with Crippen LogP contribution in [0.1, 0.15) is 83.2 Å². The summed E-state index contributed by atoms with van der Waals surface area (Å²) in [6.07, 6.45) is 6.39. The van der Waals surface area contributed by atoms with Crippen LogP contribution >= 0.6 is 22.6 Å². The van der Waals surface area contributed by atoms with Gasteiger partial charge in [-0.25, -0.2) is 14.3 Å². The Labute approximate surface area is 328 Å². The van der Waals surface area contributed by atoms with Gasteiger partial charge in [0, 0.05) is 37.3 Å². The SMILES string of the molecule is C=Cc1nn(C2CCCCO2)c2ncc(-c3c(C)nn(C)c3O[C@H]3COC[C@H]3N(C)Cc3c(I)c(OCC)nn3[C@@H](C)CO[Si](C)(C)C(C)(C)C)cc12. The van der Waals surface area contributed by atoms with Crippen LogP contribution in [0.4, 0.5) is 0 Å². The van der Waals surface area contributed by atoms with Crippen LogP contribution in [0, 0.1) is 10.5 Å². The molecule has 0 N–H and O–H groups in total. The van der Waals surface area contributed by atoms with E-state index in [4.69, 9.17) is 43.7 Å². The van der Waals surface area contributed by atoms with Crippen molar-refractivity contribution in [1.29, 1.82) is 0 Å². The fourth-order valence-corrected chi connectivity index (χ4v) is 8.65. The zero-order valence-corrected chi connectivity index (χ0v) is 36.3. The summed E-state index contributed by atoms with van der Waals surface area (Å²) in [5.74, 6) is 1.33. The molecule has 2 fully saturated rings. The third kappa shape index (κ3) is 8.11. The third-order valence-corrected chi connectivity index (χ3v) is 16.6. The van der Waals surface area contributed by atoms with Crippen LogP contribution in [0.5, 0.6) is 11.8 Å². The highest BCUT2D eigenvalue weighted by Crippen LogP contribution is 2.39. The van der Waals surface area contributed by atoms with E-state index in [-0.39, 0.29) is 29.5 Å². The van der Waals surface area contributed by atoms with E-state index in [1.54, 1.807) is 6.08 Å². The highest BCUT2D eigenvalue weighted by Gasteiger charge is 2.39. The molecule has 2 aliphatic rings. The molecule has 15 heteroatoms. The first-order valence-electron chi connectivity index (χ1n) is 18.8. The van der Waals surface area contributed by atoms with Gasteiger partial charge in [-0.05, 0) is 99.9 Å². The van der Waals surface area contributed by atoms with E-state index in [1.807, 2.05) is 36.5 Å². The van der Waals surface area contributed by atoms with Crippen LogP contribution in [0.2, 0.25) is 18.1 Å². The molecule has 53 heavy (non-hydrogen) atoms. The number of ether oxygens (including phenoxy) is 4. The van der Waals surface area contributed by atoms with Gasteiger partial charge >= 0.3 is 0 Å². The van der Waals surface area contributed by atoms with Crippen molar-refractivity contribution in [2.24, 2.45) is 7.05 Å². The molecule has 0 amide bonds. The van der Waals surface area contributed by atoms with E-state index in [9.17, 15) is 0 Å². The van der Waals surface area contributed by atoms with E-state index >= 15 is 0 Å². The Balaban J connectivity index is 1.24. The molecule has 0 bridgehead atoms. The van der Waals surface area contributed by atoms with Gasteiger partial charge in [0.25, 0.3) is 0 Å². The zero-order valence-electron chi connectivity index (χ0n) is 33.1. The predicted molar refractivity (Wildman–Crippen MR) is 218 cm³/mol. The molecule has 6 heterocycles. The number of aryl methyl sites for hydroxylation is 2. The molecule has 6 rings (SSSR count). The number of pyridine rings is 1. The fraction of sp³-hybridized carbons (Fsp3) is 0.632. The van der Waals surface area contributed by atoms with Gasteiger partial charge in [-0.1, -0.05) is 27.4 Å². The Morgan fingerprint density at radius 2 is 1.96 bits per heavy atom. The van der Waals surface area contributed by atoms with Gasteiger partial charge in [0.05, 0.1) is 64.7 Å². The van der Waals surface area contributed by atoms with Crippen molar-refractivity contribution >= 4 is 48.0 Å². The van der Waals surface area contributed by atoms with Crippen molar-refractivity contribution in [1.82, 2.24) is 39.2 Å². The van der Waals surface area contributed by atoms with Crippen molar-refractivity contribution in [3.05, 3.63) is 39.5 Å². The number of hydrogen-bond donors (Lipinski definition) is 0. The Bertz CT molecular complexity index is 1910. The summed E-state index contributed by atoms with van der Waals surface area (Å²) in [5, 5.41) is 15.6. The molecule has 290 valence electrons. The maximum absolute atomic E-state index is 6.89. The van der Waals surface area contributed by atoms with Crippen LogP contribution in [0.15, 0.2) is 18.8 Å². The molecule has 2 aliphatic heterocycles. The first-order chi connectivity index (χ1) is 25.1. The molecule has 13 nitrogen and oxygen atoms in total. The largest absolute Gasteiger partial charge is 0.476 e. The highest BCUT2D eigenvalue weighted by atomic mass is 127. The number of aromatic nitrogens is 7. The van der Waals surface area contributed by atoms with Gasteiger partial charge in [-0.2, -0.15) is 10.2 Å². The van der Waals surface area contributed by atoms with Crippen LogP contribution in [0.25, 0.3) is 28.2 Å². The molecular formula is C38H57IN8O5Si. The van der Waals surface area contributed by atoms with E-state index in [0.717, 1.165) is 68.7 Å². The lowest BCUT2D eigenvalue weighted by atomic mass is 10.1. The van der Waals surface area contributed by atoms with Crippen molar-refractivity contribution in [2.75, 3.05) is 40.1 Å². The Kier molecular flexibility index (Phi) is 12.1. The smallest absolute Gasteiger partial charge is 0.246 e. The summed E-state index contributed by atoms with van der Waals surface area (Å²) < 4.78 is 38.5. The number of rotatable bonds is 14. The summed E-state index contributed by atoms with van der Waals surface area (Å²) >= 11 is 2.37. The average molecular weight is 861 g/mol. The zero-order chi connectivity index (χ0) is 38.2. The average Bonchev–Trinajstić information content (AvgIpc) is 3.88. The van der Waals surface area contributed by atoms with Crippen molar-refractivity contribution in [2.45, 2.75) is 110 Å². The molecule has 0 radical (unpaired) electrons. The summed E-state index contributed by atoms with van der Waals surface area (Å²) in [4.78, 5) is 7.22. The van der Waals surface area contributed by atoms with E-state index < -0.39 is 8.32 Å². The molecule has 4 atom stereocenters. The quantitative estimate of drug-likeness (QED) is 0.0931. The van der Waals surface area contributed by atoms with Crippen LogP contribution < -0.4 is 9.47 Å². The van der Waals surface area contributed by atoms with Crippen molar-refractivity contribution in [3.8, 4) is 22.9 Å². The molecule has 2 saturated heterocycles. The minimum absolute atomic E-state index is 0.0202. The van der Waals surface area contributed by atoms with E-state index in [2.05, 4.69) is 92.7 Å². The lowest BCUT2D eigenvalue weighted by Gasteiger charge is -2.37. The molecule has 0 aliphatic carbocycles. The van der Waals surface area contributed by atoms with Gasteiger partial charge < -0.3 is 23.4 Å². The molecule has 4 aromatic rings. The number of likely N-dealkylation sites (N-methyl/N-ethyl adjacent to an activating group) is 1. The minimum atomic E-state index is -1.94. The Hall–Kier alpha value is -2.83. The molecule has 1 unspecified atom stereocenters. The molecule has 0 saturated carbocycles. The summed E-state index contributed by atoms with van der Waals surface area (Å²) in [6, 6.07) is 2.12. The first kappa shape index (κ1) is 39.8. The number of nitrogens with zero attached hydrogens (tertiary/aromatic N) is 8. The van der Waals surface area contributed by atoms with Crippen molar-refractivity contribution in [3.63, 3.8) is 0 Å². The van der Waals surface area contributed by atoms with Gasteiger partial charge in [0.2, 0.25) is 11.8 Å². The lowest BCUT2D eigenvalue weighted by molar-refractivity contribution is -0.0370. The number of halogens is 1. The molecule has 0 spiro atoms. The normalized spacial score (nSPS) is 20.4. The summed E-state index contributed by atoms with van der Waals surface area (Å²) in [6.45, 7) is 25.1. The standard InChI is InChI=1S/C38H57IN8O5Si/c1-12-28-27-18-26(19-40-35(27)47(42-28)32-16-14-15-17-50-32)33-25(4)41-45(9)37(33)52-31-23-48-22-30(31)44(8)20-29-34(39)36(49-13-2)43-46(29)24(3)21-51-53(10,11)38(5,6)7/h12,18-19,24,30-32H,1,13-17,20-23H2,2-11H3/t24-,30+,31-,32?/m0/s1. The monoisotopic (exact) mass is 860 g/mol. The highest BCUT2D eigenvalue weighted by molar-refractivity contribution is 14.1. The second-order valence-corrected chi connectivity index (χ2v) is 21.8. The molecule has 4 aromatic heterocycles. The van der Waals surface area contributed by atoms with Gasteiger partial charge in [0.1, 0.15) is 6.10 Å². The summed E-state index contributed by atoms with van der Waals surface area (Å²) in [5.41, 5.74) is 5.31. The maximum Gasteiger partial charge on any atom is 0.246 e. The summed E-state index contributed by atoms with van der Waals surface area (Å²) in [7, 11) is 2.10. The van der Waals surface area contributed by atoms with Crippen molar-refractivity contribution < 1.29 is 23.4 Å². The van der Waals surface area contributed by atoms with Crippen LogP contribution in [-0.2, 0) is 27.5 Å². The van der Waals surface area contributed by atoms with E-state index in [0.29, 0.717) is 44.7 Å². The topological polar surface area (TPSA) is 116 Å². The second-order valence-electron chi connectivity index (χ2n) is 15.9. The maximum atomic E-state index is 6.89. The number of hydrogen-bond acceptors (Lipinski definition) is 10. The number of fused-ring (bicyclic) bond motifs is 1. The predicted octanol–water partition coefficient (Wildman–Crippen LogP) is 7.54. The minimum Gasteiger partial charge on any atom is -0.476 e. The third-order valence-electron chi connectivity index (χ3n) is 11.0. The first-order valence-corrected chi connectivity index (χ1v) is 22.8. The van der Waals surface area contributed by atoms with Gasteiger partial charge in [0.15, 0.2) is 20.2 Å². The Morgan fingerprint density at radius 1 is 1.19 bits per heavy atom.